The Hall–Kier alpha value is -2.71. The summed E-state index contributed by atoms with van der Waals surface area (Å²) in [6.07, 6.45) is 4.21. The Morgan fingerprint density at radius 2 is 1.67 bits per heavy atom. The Morgan fingerprint density at radius 1 is 0.939 bits per heavy atom. The fourth-order valence-corrected chi connectivity index (χ4v) is 6.07. The second kappa shape index (κ2) is 10.5. The Bertz CT molecular complexity index is 1090. The summed E-state index contributed by atoms with van der Waals surface area (Å²) in [4.78, 5) is 24.9. The van der Waals surface area contributed by atoms with Gasteiger partial charge in [-0.25, -0.2) is 8.42 Å². The molecule has 8 heteroatoms. The summed E-state index contributed by atoms with van der Waals surface area (Å²) in [7, 11) is -3.54. The monoisotopic (exact) mass is 469 g/mol. The third-order valence-electron chi connectivity index (χ3n) is 6.52. The average molecular weight is 470 g/mol. The number of sulfonamides is 1. The summed E-state index contributed by atoms with van der Waals surface area (Å²) in [5.74, 6) is -0.460. The fourth-order valence-electron chi connectivity index (χ4n) is 4.54. The minimum atomic E-state index is -3.54. The first kappa shape index (κ1) is 23.4. The van der Waals surface area contributed by atoms with Crippen molar-refractivity contribution in [1.29, 1.82) is 0 Å². The summed E-state index contributed by atoms with van der Waals surface area (Å²) in [6, 6.07) is 15.1. The molecule has 0 spiro atoms. The fraction of sp³-hybridized carbons (Fsp3) is 0.440. The number of rotatable bonds is 8. The second-order valence-corrected chi connectivity index (χ2v) is 10.7. The Morgan fingerprint density at radius 3 is 2.42 bits per heavy atom. The van der Waals surface area contributed by atoms with Crippen LogP contribution >= 0.6 is 0 Å². The molecule has 0 bridgehead atoms. The molecule has 1 saturated heterocycles. The molecule has 4 rings (SSSR count). The number of carbonyl (C=O) groups is 2. The highest BCUT2D eigenvalue weighted by Gasteiger charge is 2.32. The van der Waals surface area contributed by atoms with Crippen LogP contribution in [0.1, 0.15) is 42.4 Å². The Labute approximate surface area is 195 Å². The van der Waals surface area contributed by atoms with Gasteiger partial charge in [-0.15, -0.1) is 0 Å². The molecule has 2 aromatic carbocycles. The molecule has 1 aliphatic heterocycles. The summed E-state index contributed by atoms with van der Waals surface area (Å²) in [5.41, 5.74) is 3.41. The number of aryl methyl sites for hydroxylation is 2. The number of hydrogen-bond acceptors (Lipinski definition) is 4. The van der Waals surface area contributed by atoms with Crippen LogP contribution in [0, 0.1) is 5.92 Å². The van der Waals surface area contributed by atoms with Gasteiger partial charge in [0.2, 0.25) is 21.8 Å². The molecule has 0 aromatic heterocycles. The van der Waals surface area contributed by atoms with E-state index in [1.54, 1.807) is 6.07 Å². The maximum absolute atomic E-state index is 13.1. The minimum Gasteiger partial charge on any atom is -0.355 e. The van der Waals surface area contributed by atoms with Gasteiger partial charge < -0.3 is 10.6 Å². The number of hydrogen-bond donors (Lipinski definition) is 2. The Balaban J connectivity index is 1.20. The van der Waals surface area contributed by atoms with E-state index in [2.05, 4.69) is 10.6 Å². The van der Waals surface area contributed by atoms with Crippen LogP contribution in [-0.2, 0) is 39.0 Å². The molecule has 0 atom stereocenters. The second-order valence-electron chi connectivity index (χ2n) is 8.77. The van der Waals surface area contributed by atoms with E-state index in [0.29, 0.717) is 37.4 Å². The lowest BCUT2D eigenvalue weighted by atomic mass is 9.97. The lowest BCUT2D eigenvalue weighted by molar-refractivity contribution is -0.126. The van der Waals surface area contributed by atoms with Gasteiger partial charge in [-0.3, -0.25) is 9.59 Å². The SMILES string of the molecule is O=C(CCNC(=O)C1CCN(S(=O)(=O)c2ccc3c(c2)CCC3)CC1)NCc1ccccc1. The van der Waals surface area contributed by atoms with Gasteiger partial charge in [-0.05, 0) is 60.9 Å². The van der Waals surface area contributed by atoms with Crippen molar-refractivity contribution >= 4 is 21.8 Å². The van der Waals surface area contributed by atoms with E-state index >= 15 is 0 Å². The molecule has 2 aromatic rings. The Kier molecular flexibility index (Phi) is 7.45. The summed E-state index contributed by atoms with van der Waals surface area (Å²) in [6.45, 7) is 1.39. The summed E-state index contributed by atoms with van der Waals surface area (Å²) in [5, 5.41) is 5.67. The maximum Gasteiger partial charge on any atom is 0.243 e. The van der Waals surface area contributed by atoms with Gasteiger partial charge in [-0.2, -0.15) is 4.31 Å². The molecule has 0 radical (unpaired) electrons. The first-order chi connectivity index (χ1) is 15.9. The molecule has 2 N–H and O–H groups in total. The normalized spacial score (nSPS) is 16.8. The molecular formula is C25H31N3O4S. The molecule has 0 saturated carbocycles. The van der Waals surface area contributed by atoms with Crippen molar-refractivity contribution in [2.45, 2.75) is 50.0 Å². The quantitative estimate of drug-likeness (QED) is 0.621. The molecule has 33 heavy (non-hydrogen) atoms. The smallest absolute Gasteiger partial charge is 0.243 e. The van der Waals surface area contributed by atoms with Crippen molar-refractivity contribution in [1.82, 2.24) is 14.9 Å². The van der Waals surface area contributed by atoms with Crippen molar-refractivity contribution < 1.29 is 18.0 Å². The van der Waals surface area contributed by atoms with E-state index < -0.39 is 10.0 Å². The van der Waals surface area contributed by atoms with Gasteiger partial charge in [0.1, 0.15) is 0 Å². The van der Waals surface area contributed by atoms with E-state index in [1.165, 1.54) is 9.87 Å². The van der Waals surface area contributed by atoms with E-state index in [9.17, 15) is 18.0 Å². The zero-order valence-corrected chi connectivity index (χ0v) is 19.6. The van der Waals surface area contributed by atoms with Gasteiger partial charge in [0.25, 0.3) is 0 Å². The van der Waals surface area contributed by atoms with Crippen molar-refractivity contribution in [3.63, 3.8) is 0 Å². The number of carbonyl (C=O) groups excluding carboxylic acids is 2. The third-order valence-corrected chi connectivity index (χ3v) is 8.41. The molecule has 2 aliphatic rings. The number of piperidine rings is 1. The predicted octanol–water partition coefficient (Wildman–Crippen LogP) is 2.40. The van der Waals surface area contributed by atoms with Crippen LogP contribution < -0.4 is 10.6 Å². The summed E-state index contributed by atoms with van der Waals surface area (Å²) < 4.78 is 27.6. The first-order valence-corrected chi connectivity index (χ1v) is 13.1. The highest BCUT2D eigenvalue weighted by molar-refractivity contribution is 7.89. The zero-order chi connectivity index (χ0) is 23.3. The molecule has 1 fully saturated rings. The highest BCUT2D eigenvalue weighted by Crippen LogP contribution is 2.28. The van der Waals surface area contributed by atoms with Crippen LogP contribution in [0.5, 0.6) is 0 Å². The largest absolute Gasteiger partial charge is 0.355 e. The number of nitrogens with zero attached hydrogens (tertiary/aromatic N) is 1. The van der Waals surface area contributed by atoms with Crippen molar-refractivity contribution in [3.05, 3.63) is 65.2 Å². The van der Waals surface area contributed by atoms with Crippen LogP contribution in [0.25, 0.3) is 0 Å². The standard InChI is InChI=1S/C25H31N3O4S/c29-24(27-18-19-5-2-1-3-6-19)11-14-26-25(30)21-12-15-28(16-13-21)33(31,32)23-10-9-20-7-4-8-22(20)17-23/h1-3,5-6,9-10,17,21H,4,7-8,11-16,18H2,(H,26,30)(H,27,29). The lowest BCUT2D eigenvalue weighted by Crippen LogP contribution is -2.43. The molecule has 176 valence electrons. The molecule has 2 amide bonds. The number of nitrogens with one attached hydrogen (secondary N) is 2. The molecule has 1 aliphatic carbocycles. The topological polar surface area (TPSA) is 95.6 Å². The van der Waals surface area contributed by atoms with Gasteiger partial charge in [0, 0.05) is 38.5 Å². The highest BCUT2D eigenvalue weighted by atomic mass is 32.2. The molecule has 7 nitrogen and oxygen atoms in total. The molecular weight excluding hydrogens is 438 g/mol. The van der Waals surface area contributed by atoms with Gasteiger partial charge >= 0.3 is 0 Å². The molecule has 0 unspecified atom stereocenters. The lowest BCUT2D eigenvalue weighted by Gasteiger charge is -2.30. The van der Waals surface area contributed by atoms with E-state index in [0.717, 1.165) is 30.4 Å². The van der Waals surface area contributed by atoms with Gasteiger partial charge in [-0.1, -0.05) is 36.4 Å². The van der Waals surface area contributed by atoms with E-state index in [-0.39, 0.29) is 30.7 Å². The van der Waals surface area contributed by atoms with Crippen LogP contribution in [0.2, 0.25) is 0 Å². The average Bonchev–Trinajstić information content (AvgIpc) is 3.31. The van der Waals surface area contributed by atoms with Crippen molar-refractivity contribution in [2.75, 3.05) is 19.6 Å². The maximum atomic E-state index is 13.1. The van der Waals surface area contributed by atoms with Crippen molar-refractivity contribution in [3.8, 4) is 0 Å². The number of fused-ring (bicyclic) bond motifs is 1. The van der Waals surface area contributed by atoms with E-state index in [4.69, 9.17) is 0 Å². The van der Waals surface area contributed by atoms with E-state index in [1.807, 2.05) is 42.5 Å². The van der Waals surface area contributed by atoms with Crippen LogP contribution in [0.4, 0.5) is 0 Å². The van der Waals surface area contributed by atoms with Gasteiger partial charge in [0.05, 0.1) is 4.90 Å². The minimum absolute atomic E-state index is 0.111. The van der Waals surface area contributed by atoms with Gasteiger partial charge in [0.15, 0.2) is 0 Å². The summed E-state index contributed by atoms with van der Waals surface area (Å²) >= 11 is 0. The third kappa shape index (κ3) is 5.81. The van der Waals surface area contributed by atoms with Crippen molar-refractivity contribution in [2.24, 2.45) is 5.92 Å². The van der Waals surface area contributed by atoms with Crippen LogP contribution in [0.15, 0.2) is 53.4 Å². The first-order valence-electron chi connectivity index (χ1n) is 11.6. The van der Waals surface area contributed by atoms with Crippen LogP contribution in [0.3, 0.4) is 0 Å². The number of benzene rings is 2. The number of amides is 2. The van der Waals surface area contributed by atoms with Crippen LogP contribution in [-0.4, -0.2) is 44.2 Å². The predicted molar refractivity (Wildman–Crippen MR) is 126 cm³/mol. The molecule has 1 heterocycles. The zero-order valence-electron chi connectivity index (χ0n) is 18.8.